The average Bonchev–Trinajstić information content (AvgIpc) is 2.94. The van der Waals surface area contributed by atoms with Gasteiger partial charge >= 0.3 is 0 Å². The Bertz CT molecular complexity index is 1370. The second-order valence-corrected chi connectivity index (χ2v) is 9.33. The van der Waals surface area contributed by atoms with Gasteiger partial charge in [0.15, 0.2) is 0 Å². The van der Waals surface area contributed by atoms with Gasteiger partial charge in [-0.2, -0.15) is 0 Å². The monoisotopic (exact) mass is 496 g/mol. The molecule has 4 heterocycles. The summed E-state index contributed by atoms with van der Waals surface area (Å²) in [5, 5.41) is 6.95. The smallest absolute Gasteiger partial charge is 0.251 e. The van der Waals surface area contributed by atoms with Crippen molar-refractivity contribution in [2.45, 2.75) is 13.0 Å². The molecular weight excluding hydrogens is 464 g/mol. The highest BCUT2D eigenvalue weighted by Crippen LogP contribution is 2.22. The zero-order valence-electron chi connectivity index (χ0n) is 21.3. The third-order valence-corrected chi connectivity index (χ3v) is 6.80. The molecule has 5 rings (SSSR count). The Morgan fingerprint density at radius 1 is 1.00 bits per heavy atom. The Hall–Kier alpha value is -3.95. The number of carbonyl (C=O) groups is 1. The lowest BCUT2D eigenvalue weighted by Gasteiger charge is -2.32. The predicted molar refractivity (Wildman–Crippen MR) is 145 cm³/mol. The van der Waals surface area contributed by atoms with Crippen LogP contribution in [0.2, 0.25) is 0 Å². The van der Waals surface area contributed by atoms with Crippen LogP contribution in [0.15, 0.2) is 61.2 Å². The van der Waals surface area contributed by atoms with E-state index in [1.165, 1.54) is 0 Å². The molecule has 37 heavy (non-hydrogen) atoms. The highest BCUT2D eigenvalue weighted by molar-refractivity contribution is 6.06. The number of anilines is 1. The topological polar surface area (TPSA) is 99.2 Å². The first kappa shape index (κ1) is 24.7. The van der Waals surface area contributed by atoms with E-state index in [1.54, 1.807) is 25.6 Å². The van der Waals surface area contributed by atoms with E-state index >= 15 is 0 Å². The van der Waals surface area contributed by atoms with Gasteiger partial charge in [-0.25, -0.2) is 9.97 Å². The largest absolute Gasteiger partial charge is 0.370 e. The Morgan fingerprint density at radius 2 is 1.86 bits per heavy atom. The standard InChI is InChI=1S/C28H32N8O/c1-29-28(37)24-9-11-31-27-20(4-3-5-23(24)27)8-10-30-26-16-25(33-19-34-26)21-6-7-22(32-17-21)18-36-14-12-35(2)13-15-36/h3-7,9,11,16-17,19H,8,10,12-15,18H2,1-2H3,(H,29,37)(H,30,33,34). The fourth-order valence-corrected chi connectivity index (χ4v) is 4.61. The van der Waals surface area contributed by atoms with Crippen LogP contribution in [0.1, 0.15) is 21.6 Å². The van der Waals surface area contributed by atoms with Gasteiger partial charge < -0.3 is 15.5 Å². The Balaban J connectivity index is 1.22. The van der Waals surface area contributed by atoms with Gasteiger partial charge in [-0.1, -0.05) is 18.2 Å². The summed E-state index contributed by atoms with van der Waals surface area (Å²) in [6, 6.07) is 13.8. The van der Waals surface area contributed by atoms with Gasteiger partial charge in [0.05, 0.1) is 22.5 Å². The van der Waals surface area contributed by atoms with E-state index in [9.17, 15) is 4.79 Å². The lowest BCUT2D eigenvalue weighted by molar-refractivity contribution is 0.0964. The number of aromatic nitrogens is 4. The molecule has 9 nitrogen and oxygen atoms in total. The van der Waals surface area contributed by atoms with E-state index in [2.05, 4.69) is 59.5 Å². The zero-order chi connectivity index (χ0) is 25.6. The van der Waals surface area contributed by atoms with Crippen LogP contribution in [0.4, 0.5) is 5.82 Å². The molecule has 1 aromatic carbocycles. The van der Waals surface area contributed by atoms with Crippen molar-refractivity contribution in [3.8, 4) is 11.3 Å². The number of hydrogen-bond donors (Lipinski definition) is 2. The normalized spacial score (nSPS) is 14.5. The van der Waals surface area contributed by atoms with Gasteiger partial charge in [0.2, 0.25) is 0 Å². The first-order chi connectivity index (χ1) is 18.1. The van der Waals surface area contributed by atoms with E-state index in [4.69, 9.17) is 0 Å². The van der Waals surface area contributed by atoms with Gasteiger partial charge in [-0.3, -0.25) is 19.7 Å². The van der Waals surface area contributed by atoms with Crippen molar-refractivity contribution in [3.63, 3.8) is 0 Å². The number of benzene rings is 1. The molecule has 1 fully saturated rings. The SMILES string of the molecule is CNC(=O)c1ccnc2c(CCNc3cc(-c4ccc(CN5CCN(C)CC5)nc4)ncn3)cccc12. The average molecular weight is 497 g/mol. The number of fused-ring (bicyclic) bond motifs is 1. The number of rotatable bonds is 8. The van der Waals surface area contributed by atoms with Crippen LogP contribution in [0.5, 0.6) is 0 Å². The minimum Gasteiger partial charge on any atom is -0.370 e. The molecule has 9 heteroatoms. The number of para-hydroxylation sites is 1. The minimum atomic E-state index is -0.113. The van der Waals surface area contributed by atoms with Crippen molar-refractivity contribution in [3.05, 3.63) is 78.0 Å². The van der Waals surface area contributed by atoms with Crippen LogP contribution in [-0.2, 0) is 13.0 Å². The summed E-state index contributed by atoms with van der Waals surface area (Å²) in [6.07, 6.45) is 5.89. The van der Waals surface area contributed by atoms with Crippen LogP contribution in [0.3, 0.4) is 0 Å². The molecule has 3 aromatic heterocycles. The van der Waals surface area contributed by atoms with Crippen LogP contribution < -0.4 is 10.6 Å². The van der Waals surface area contributed by atoms with Crippen molar-refractivity contribution in [1.82, 2.24) is 35.1 Å². The van der Waals surface area contributed by atoms with Crippen LogP contribution in [-0.4, -0.2) is 82.5 Å². The lowest BCUT2D eigenvalue weighted by atomic mass is 10.0. The number of hydrogen-bond acceptors (Lipinski definition) is 8. The molecule has 0 saturated carbocycles. The number of piperazine rings is 1. The summed E-state index contributed by atoms with van der Waals surface area (Å²) in [4.78, 5) is 35.1. The molecule has 0 atom stereocenters. The van der Waals surface area contributed by atoms with Crippen molar-refractivity contribution in [2.24, 2.45) is 0 Å². The summed E-state index contributed by atoms with van der Waals surface area (Å²) in [7, 11) is 3.80. The number of carbonyl (C=O) groups excluding carboxylic acids is 1. The molecule has 0 radical (unpaired) electrons. The maximum atomic E-state index is 12.2. The molecule has 0 aliphatic carbocycles. The number of pyridine rings is 2. The van der Waals surface area contributed by atoms with Crippen molar-refractivity contribution in [1.29, 1.82) is 0 Å². The van der Waals surface area contributed by atoms with Crippen LogP contribution >= 0.6 is 0 Å². The second-order valence-electron chi connectivity index (χ2n) is 9.33. The quantitative estimate of drug-likeness (QED) is 0.384. The minimum absolute atomic E-state index is 0.113. The summed E-state index contributed by atoms with van der Waals surface area (Å²) in [6.45, 7) is 5.89. The van der Waals surface area contributed by atoms with Gasteiger partial charge in [-0.05, 0) is 37.2 Å². The molecule has 1 saturated heterocycles. The molecule has 2 N–H and O–H groups in total. The third kappa shape index (κ3) is 5.90. The Labute approximate surface area is 217 Å². The number of amides is 1. The molecule has 0 unspecified atom stereocenters. The Morgan fingerprint density at radius 3 is 2.65 bits per heavy atom. The zero-order valence-corrected chi connectivity index (χ0v) is 21.3. The summed E-state index contributed by atoms with van der Waals surface area (Å²) < 4.78 is 0. The molecule has 1 amide bonds. The molecule has 190 valence electrons. The van der Waals surface area contributed by atoms with Crippen molar-refractivity contribution >= 4 is 22.6 Å². The van der Waals surface area contributed by atoms with Gasteiger partial charge in [0.25, 0.3) is 5.91 Å². The molecule has 1 aliphatic rings. The van der Waals surface area contributed by atoms with Gasteiger partial charge in [-0.15, -0.1) is 0 Å². The van der Waals surface area contributed by atoms with E-state index in [0.717, 1.165) is 78.4 Å². The van der Waals surface area contributed by atoms with Gasteiger partial charge in [0, 0.05) is 75.7 Å². The molecule has 0 bridgehead atoms. The summed E-state index contributed by atoms with van der Waals surface area (Å²) in [5.41, 5.74) is 5.42. The maximum absolute atomic E-state index is 12.2. The van der Waals surface area contributed by atoms with E-state index in [1.807, 2.05) is 30.5 Å². The molecule has 4 aromatic rings. The fourth-order valence-electron chi connectivity index (χ4n) is 4.61. The second kappa shape index (κ2) is 11.4. The maximum Gasteiger partial charge on any atom is 0.251 e. The number of likely N-dealkylation sites (N-methyl/N-ethyl adjacent to an activating group) is 1. The van der Waals surface area contributed by atoms with Crippen LogP contribution in [0.25, 0.3) is 22.2 Å². The molecule has 0 spiro atoms. The first-order valence-corrected chi connectivity index (χ1v) is 12.6. The predicted octanol–water partition coefficient (Wildman–Crippen LogP) is 2.85. The Kier molecular flexibility index (Phi) is 7.62. The van der Waals surface area contributed by atoms with E-state index in [-0.39, 0.29) is 5.91 Å². The lowest BCUT2D eigenvalue weighted by Crippen LogP contribution is -2.43. The number of nitrogens with zero attached hydrogens (tertiary/aromatic N) is 6. The highest BCUT2D eigenvalue weighted by atomic mass is 16.1. The molecular formula is C28H32N8O. The first-order valence-electron chi connectivity index (χ1n) is 12.6. The van der Waals surface area contributed by atoms with Crippen molar-refractivity contribution in [2.75, 3.05) is 52.1 Å². The van der Waals surface area contributed by atoms with E-state index in [0.29, 0.717) is 12.1 Å². The van der Waals surface area contributed by atoms with Crippen molar-refractivity contribution < 1.29 is 4.79 Å². The molecule has 1 aliphatic heterocycles. The fraction of sp³-hybridized carbons (Fsp3) is 0.321. The summed E-state index contributed by atoms with van der Waals surface area (Å²) in [5.74, 6) is 0.642. The summed E-state index contributed by atoms with van der Waals surface area (Å²) >= 11 is 0. The van der Waals surface area contributed by atoms with Gasteiger partial charge in [0.1, 0.15) is 12.1 Å². The third-order valence-electron chi connectivity index (χ3n) is 6.80. The highest BCUT2D eigenvalue weighted by Gasteiger charge is 2.15. The van der Waals surface area contributed by atoms with Crippen LogP contribution in [0, 0.1) is 0 Å². The number of nitrogens with one attached hydrogen (secondary N) is 2. The van der Waals surface area contributed by atoms with E-state index < -0.39 is 0 Å².